The fourth-order valence-corrected chi connectivity index (χ4v) is 4.20. The van der Waals surface area contributed by atoms with Crippen LogP contribution in [0.3, 0.4) is 0 Å². The number of hydrogen-bond acceptors (Lipinski definition) is 4. The van der Waals surface area contributed by atoms with Crippen molar-refractivity contribution in [1.82, 2.24) is 0 Å². The van der Waals surface area contributed by atoms with E-state index in [4.69, 9.17) is 0 Å². The van der Waals surface area contributed by atoms with Gasteiger partial charge in [-0.05, 0) is 18.2 Å². The molecule has 2 aromatic rings. The Morgan fingerprint density at radius 1 is 0.900 bits per heavy atom. The summed E-state index contributed by atoms with van der Waals surface area (Å²) in [7, 11) is -3.94. The minimum absolute atomic E-state index is 0. The van der Waals surface area contributed by atoms with E-state index in [-0.39, 0.29) is 34.5 Å². The first-order valence-electron chi connectivity index (χ1n) is 5.46. The predicted molar refractivity (Wildman–Crippen MR) is 71.9 cm³/mol. The van der Waals surface area contributed by atoms with Crippen molar-refractivity contribution in [2.45, 2.75) is 14.7 Å². The van der Waals surface area contributed by atoms with Crippen LogP contribution in [-0.2, 0) is 10.0 Å². The van der Waals surface area contributed by atoms with E-state index < -0.39 is 15.9 Å². The van der Waals surface area contributed by atoms with Gasteiger partial charge in [-0.2, -0.15) is 0 Å². The monoisotopic (exact) mass is 313 g/mol. The van der Waals surface area contributed by atoms with Crippen molar-refractivity contribution < 1.29 is 42.8 Å². The van der Waals surface area contributed by atoms with E-state index in [9.17, 15) is 13.2 Å². The summed E-state index contributed by atoms with van der Waals surface area (Å²) in [5.41, 5.74) is 0.311. The van der Waals surface area contributed by atoms with Gasteiger partial charge in [-0.1, -0.05) is 42.1 Å². The molecule has 0 N–H and O–H groups in total. The van der Waals surface area contributed by atoms with Crippen LogP contribution in [0.25, 0.3) is 4.72 Å². The molecule has 2 aromatic carbocycles. The number of fused-ring (bicyclic) bond motifs is 2. The largest absolute Gasteiger partial charge is 1.00 e. The van der Waals surface area contributed by atoms with Crippen LogP contribution in [0.1, 0.15) is 10.4 Å². The van der Waals surface area contributed by atoms with Crippen molar-refractivity contribution in [3.05, 3.63) is 58.8 Å². The molecule has 0 atom stereocenters. The molecule has 20 heavy (non-hydrogen) atoms. The second-order valence-corrected chi connectivity index (χ2v) is 6.57. The quantitative estimate of drug-likeness (QED) is 0.645. The first-order chi connectivity index (χ1) is 9.08. The fourth-order valence-electron chi connectivity index (χ4n) is 1.81. The Morgan fingerprint density at radius 3 is 2.25 bits per heavy atom. The van der Waals surface area contributed by atoms with Gasteiger partial charge >= 0.3 is 29.6 Å². The van der Waals surface area contributed by atoms with Crippen LogP contribution >= 0.6 is 11.8 Å². The summed E-state index contributed by atoms with van der Waals surface area (Å²) in [6, 6.07) is 13.4. The Kier molecular flexibility index (Phi) is 4.61. The van der Waals surface area contributed by atoms with Gasteiger partial charge in [-0.25, -0.2) is 8.42 Å². The summed E-state index contributed by atoms with van der Waals surface area (Å²) >= 11 is 1.26. The molecule has 4 nitrogen and oxygen atoms in total. The Morgan fingerprint density at radius 2 is 1.50 bits per heavy atom. The van der Waals surface area contributed by atoms with Crippen LogP contribution < -0.4 is 29.6 Å². The van der Waals surface area contributed by atoms with E-state index in [1.807, 2.05) is 0 Å². The summed E-state index contributed by atoms with van der Waals surface area (Å²) in [5, 5.41) is 0. The van der Waals surface area contributed by atoms with E-state index in [2.05, 4.69) is 4.72 Å². The summed E-state index contributed by atoms with van der Waals surface area (Å²) in [6.45, 7) is 0. The number of rotatable bonds is 0. The maximum absolute atomic E-state index is 12.1. The van der Waals surface area contributed by atoms with Crippen molar-refractivity contribution in [3.8, 4) is 0 Å². The smallest absolute Gasteiger partial charge is 0.537 e. The molecule has 96 valence electrons. The van der Waals surface area contributed by atoms with Crippen LogP contribution in [0, 0.1) is 0 Å². The van der Waals surface area contributed by atoms with Gasteiger partial charge in [-0.15, -0.1) is 0 Å². The average molecular weight is 313 g/mol. The summed E-state index contributed by atoms with van der Waals surface area (Å²) in [5.74, 6) is -0.724. The minimum atomic E-state index is -3.94. The van der Waals surface area contributed by atoms with Crippen LogP contribution in [0.5, 0.6) is 0 Å². The third-order valence-electron chi connectivity index (χ3n) is 2.67. The molecule has 0 radical (unpaired) electrons. The van der Waals surface area contributed by atoms with Gasteiger partial charge in [0.2, 0.25) is 0 Å². The molecule has 0 saturated carbocycles. The van der Waals surface area contributed by atoms with E-state index in [1.54, 1.807) is 42.5 Å². The second kappa shape index (κ2) is 5.91. The molecule has 7 heteroatoms. The Labute approximate surface area is 143 Å². The second-order valence-electron chi connectivity index (χ2n) is 3.92. The first-order valence-corrected chi connectivity index (χ1v) is 7.72. The van der Waals surface area contributed by atoms with Gasteiger partial charge in [0.25, 0.3) is 0 Å². The van der Waals surface area contributed by atoms with Gasteiger partial charge in [0.1, 0.15) is 10.0 Å². The maximum atomic E-state index is 12.1. The molecular formula is C13H8NNaO3S2. The van der Waals surface area contributed by atoms with Crippen molar-refractivity contribution >= 4 is 27.7 Å². The molecule has 1 amide bonds. The van der Waals surface area contributed by atoms with Crippen molar-refractivity contribution in [1.29, 1.82) is 0 Å². The summed E-state index contributed by atoms with van der Waals surface area (Å²) in [6.07, 6.45) is 0. The Bertz CT molecular complexity index is 775. The van der Waals surface area contributed by atoms with Gasteiger partial charge in [-0.3, -0.25) is 0 Å². The Balaban J connectivity index is 0.00000147. The van der Waals surface area contributed by atoms with Gasteiger partial charge in [0.15, 0.2) is 0 Å². The van der Waals surface area contributed by atoms with Gasteiger partial charge < -0.3 is 9.52 Å². The van der Waals surface area contributed by atoms with Crippen molar-refractivity contribution in [2.24, 2.45) is 0 Å². The average Bonchev–Trinajstić information content (AvgIpc) is 2.38. The number of amides is 1. The first kappa shape index (κ1) is 15.6. The zero-order chi connectivity index (χ0) is 13.5. The van der Waals surface area contributed by atoms with Crippen LogP contribution in [0.2, 0.25) is 0 Å². The van der Waals surface area contributed by atoms with Crippen LogP contribution in [-0.4, -0.2) is 14.3 Å². The SMILES string of the molecule is O=C1[N-]S(=O)(=O)c2ccccc2Sc2ccccc21.[Na+]. The summed E-state index contributed by atoms with van der Waals surface area (Å²) < 4.78 is 27.5. The van der Waals surface area contributed by atoms with E-state index in [0.717, 1.165) is 0 Å². The molecule has 0 saturated heterocycles. The molecule has 1 aliphatic rings. The van der Waals surface area contributed by atoms with Crippen LogP contribution in [0.15, 0.2) is 63.2 Å². The normalized spacial score (nSPS) is 15.7. The minimum Gasteiger partial charge on any atom is -0.537 e. The topological polar surface area (TPSA) is 65.3 Å². The molecule has 3 rings (SSSR count). The molecule has 1 heterocycles. The van der Waals surface area contributed by atoms with Crippen molar-refractivity contribution in [3.63, 3.8) is 0 Å². The van der Waals surface area contributed by atoms with Gasteiger partial charge in [0.05, 0.1) is 10.8 Å². The number of carbonyl (C=O) groups is 1. The predicted octanol–water partition coefficient (Wildman–Crippen LogP) is 0.0580. The molecular weight excluding hydrogens is 305 g/mol. The zero-order valence-electron chi connectivity index (χ0n) is 10.6. The number of benzene rings is 2. The van der Waals surface area contributed by atoms with E-state index >= 15 is 0 Å². The number of carbonyl (C=O) groups excluding carboxylic acids is 1. The standard InChI is InChI=1S/C13H9NO3S2.Na/c15-13-9-5-1-2-6-10(9)18-11-7-3-4-8-12(11)19(16,17)14-13;/h1-8H,(H,14,15);/q;+1/p-1. The molecule has 0 aliphatic carbocycles. The fraction of sp³-hybridized carbons (Fsp3) is 0. The Hall–Kier alpha value is -0.790. The third-order valence-corrected chi connectivity index (χ3v) is 5.27. The van der Waals surface area contributed by atoms with Crippen molar-refractivity contribution in [2.75, 3.05) is 0 Å². The number of sulfonamides is 1. The summed E-state index contributed by atoms with van der Waals surface area (Å²) in [4.78, 5) is 13.3. The molecule has 0 aromatic heterocycles. The third kappa shape index (κ3) is 2.80. The molecule has 0 bridgehead atoms. The maximum Gasteiger partial charge on any atom is 1.00 e. The van der Waals surface area contributed by atoms with Gasteiger partial charge in [0, 0.05) is 15.4 Å². The molecule has 1 aliphatic heterocycles. The van der Waals surface area contributed by atoms with E-state index in [0.29, 0.717) is 15.4 Å². The van der Waals surface area contributed by atoms with E-state index in [1.165, 1.54) is 17.8 Å². The number of hydrogen-bond donors (Lipinski definition) is 0. The van der Waals surface area contributed by atoms with Crippen LogP contribution in [0.4, 0.5) is 0 Å². The molecule has 0 unspecified atom stereocenters. The molecule has 0 fully saturated rings. The zero-order valence-corrected chi connectivity index (χ0v) is 14.2. The molecule has 0 spiro atoms. The number of nitrogens with zero attached hydrogens (tertiary/aromatic N) is 1.